The van der Waals surface area contributed by atoms with Gasteiger partial charge in [-0.3, -0.25) is 14.5 Å². The molecule has 0 bridgehead atoms. The van der Waals surface area contributed by atoms with Gasteiger partial charge in [0.05, 0.1) is 23.4 Å². The first kappa shape index (κ1) is 22.0. The van der Waals surface area contributed by atoms with Gasteiger partial charge in [-0.1, -0.05) is 19.8 Å². The molecule has 2 amide bonds. The Morgan fingerprint density at radius 3 is 2.70 bits per heavy atom. The summed E-state index contributed by atoms with van der Waals surface area (Å²) in [5.74, 6) is 0.946. The predicted octanol–water partition coefficient (Wildman–Crippen LogP) is 5.22. The molecule has 1 fully saturated rings. The molecule has 6 nitrogen and oxygen atoms in total. The van der Waals surface area contributed by atoms with Gasteiger partial charge in [-0.25, -0.2) is 0 Å². The first-order chi connectivity index (χ1) is 15.9. The minimum absolute atomic E-state index is 0.0915. The molecule has 33 heavy (non-hydrogen) atoms. The van der Waals surface area contributed by atoms with E-state index in [0.29, 0.717) is 30.5 Å². The van der Waals surface area contributed by atoms with E-state index in [1.807, 2.05) is 60.2 Å². The maximum absolute atomic E-state index is 13.9. The molecule has 0 saturated heterocycles. The SMILES string of the molecule is CCOc1ccc(N2C(=O)c3cc4sccc4n3C[C@]2(C)C(=O)N[C@H]2CCCC[C@H]2C)cc1. The number of rotatable bonds is 5. The van der Waals surface area contributed by atoms with Crippen molar-refractivity contribution in [1.82, 2.24) is 9.88 Å². The van der Waals surface area contributed by atoms with Crippen LogP contribution in [-0.4, -0.2) is 34.6 Å². The van der Waals surface area contributed by atoms with Crippen LogP contribution < -0.4 is 15.0 Å². The van der Waals surface area contributed by atoms with Gasteiger partial charge in [0.15, 0.2) is 0 Å². The van der Waals surface area contributed by atoms with Crippen molar-refractivity contribution in [3.8, 4) is 5.75 Å². The third-order valence-corrected chi connectivity index (χ3v) is 8.08. The lowest BCUT2D eigenvalue weighted by Gasteiger charge is -2.45. The van der Waals surface area contributed by atoms with E-state index < -0.39 is 5.54 Å². The summed E-state index contributed by atoms with van der Waals surface area (Å²) in [4.78, 5) is 29.5. The van der Waals surface area contributed by atoms with Gasteiger partial charge in [-0.05, 0) is 74.4 Å². The van der Waals surface area contributed by atoms with Crippen molar-refractivity contribution >= 4 is 39.1 Å². The van der Waals surface area contributed by atoms with Crippen LogP contribution in [0.1, 0.15) is 56.9 Å². The Balaban J connectivity index is 1.56. The highest BCUT2D eigenvalue weighted by Crippen LogP contribution is 2.38. The summed E-state index contributed by atoms with van der Waals surface area (Å²) in [6.45, 7) is 7.03. The molecule has 3 aromatic rings. The van der Waals surface area contributed by atoms with E-state index in [4.69, 9.17) is 4.74 Å². The van der Waals surface area contributed by atoms with Crippen LogP contribution in [0.5, 0.6) is 5.75 Å². The highest BCUT2D eigenvalue weighted by molar-refractivity contribution is 7.17. The molecule has 1 saturated carbocycles. The van der Waals surface area contributed by atoms with E-state index in [9.17, 15) is 9.59 Å². The monoisotopic (exact) mass is 465 g/mol. The molecule has 0 radical (unpaired) electrons. The van der Waals surface area contributed by atoms with Crippen molar-refractivity contribution in [2.75, 3.05) is 11.5 Å². The number of ether oxygens (including phenoxy) is 1. The molecule has 3 heterocycles. The summed E-state index contributed by atoms with van der Waals surface area (Å²) in [6, 6.07) is 11.6. The maximum atomic E-state index is 13.9. The number of benzene rings is 1. The van der Waals surface area contributed by atoms with Gasteiger partial charge in [0.25, 0.3) is 5.91 Å². The summed E-state index contributed by atoms with van der Waals surface area (Å²) in [5.41, 5.74) is 1.29. The van der Waals surface area contributed by atoms with Crippen molar-refractivity contribution in [1.29, 1.82) is 0 Å². The van der Waals surface area contributed by atoms with Gasteiger partial charge in [-0.15, -0.1) is 11.3 Å². The van der Waals surface area contributed by atoms with Crippen molar-refractivity contribution in [2.45, 2.75) is 64.6 Å². The fraction of sp³-hybridized carbons (Fsp3) is 0.462. The molecule has 1 aliphatic carbocycles. The standard InChI is InChI=1S/C26H31N3O3S/c1-4-32-19-11-9-18(10-12-19)29-24(30)22-15-23-21(13-14-33-23)28(22)16-26(29,3)25(31)27-20-8-6-5-7-17(20)2/h9-15,17,20H,4-8,16H2,1-3H3,(H,27,31)/t17-,20+,26-/m1/s1. The van der Waals surface area contributed by atoms with Gasteiger partial charge in [0.1, 0.15) is 17.0 Å². The Morgan fingerprint density at radius 2 is 1.97 bits per heavy atom. The molecule has 174 valence electrons. The first-order valence-electron chi connectivity index (χ1n) is 11.9. The van der Waals surface area contributed by atoms with Gasteiger partial charge >= 0.3 is 0 Å². The topological polar surface area (TPSA) is 63.6 Å². The summed E-state index contributed by atoms with van der Waals surface area (Å²) in [5, 5.41) is 5.36. The quantitative estimate of drug-likeness (QED) is 0.562. The van der Waals surface area contributed by atoms with Crippen LogP contribution in [0.25, 0.3) is 10.2 Å². The number of fused-ring (bicyclic) bond motifs is 3. The lowest BCUT2D eigenvalue weighted by molar-refractivity contribution is -0.127. The second kappa shape index (κ2) is 8.52. The van der Waals surface area contributed by atoms with Gasteiger partial charge in [0, 0.05) is 11.7 Å². The van der Waals surface area contributed by atoms with Crippen LogP contribution in [0.3, 0.4) is 0 Å². The number of nitrogens with zero attached hydrogens (tertiary/aromatic N) is 2. The summed E-state index contributed by atoms with van der Waals surface area (Å²) in [6.07, 6.45) is 4.46. The number of thiophene rings is 1. The number of hydrogen-bond acceptors (Lipinski definition) is 4. The van der Waals surface area contributed by atoms with Gasteiger partial charge in [0.2, 0.25) is 5.91 Å². The molecule has 0 spiro atoms. The fourth-order valence-corrected chi connectivity index (χ4v) is 6.15. The van der Waals surface area contributed by atoms with E-state index in [1.165, 1.54) is 6.42 Å². The van der Waals surface area contributed by atoms with Crippen molar-refractivity contribution in [3.05, 3.63) is 47.5 Å². The van der Waals surface area contributed by atoms with E-state index in [-0.39, 0.29) is 17.9 Å². The average Bonchev–Trinajstić information content (AvgIpc) is 3.39. The molecule has 1 aromatic carbocycles. The highest BCUT2D eigenvalue weighted by Gasteiger charge is 2.49. The molecule has 7 heteroatoms. The van der Waals surface area contributed by atoms with Crippen LogP contribution in [0, 0.1) is 5.92 Å². The third-order valence-electron chi connectivity index (χ3n) is 7.23. The van der Waals surface area contributed by atoms with Crippen LogP contribution in [0.4, 0.5) is 5.69 Å². The Kier molecular flexibility index (Phi) is 5.69. The largest absolute Gasteiger partial charge is 0.494 e. The molecule has 3 atom stereocenters. The van der Waals surface area contributed by atoms with E-state index in [1.54, 1.807) is 16.2 Å². The minimum atomic E-state index is -1.05. The molecular formula is C26H31N3O3S. The Labute approximate surface area is 198 Å². The second-order valence-corrected chi connectivity index (χ2v) is 10.4. The smallest absolute Gasteiger partial charge is 0.275 e. The molecule has 2 aliphatic rings. The molecule has 2 aromatic heterocycles. The van der Waals surface area contributed by atoms with Crippen LogP contribution in [-0.2, 0) is 11.3 Å². The second-order valence-electron chi connectivity index (χ2n) is 9.47. The lowest BCUT2D eigenvalue weighted by atomic mass is 9.85. The summed E-state index contributed by atoms with van der Waals surface area (Å²) >= 11 is 1.62. The van der Waals surface area contributed by atoms with Gasteiger partial charge < -0.3 is 14.6 Å². The van der Waals surface area contributed by atoms with E-state index >= 15 is 0 Å². The third kappa shape index (κ3) is 3.72. The average molecular weight is 466 g/mol. The van der Waals surface area contributed by atoms with E-state index in [0.717, 1.165) is 35.2 Å². The summed E-state index contributed by atoms with van der Waals surface area (Å²) < 4.78 is 8.67. The minimum Gasteiger partial charge on any atom is -0.494 e. The zero-order valence-corrected chi connectivity index (χ0v) is 20.3. The molecule has 0 unspecified atom stereocenters. The normalized spacial score (nSPS) is 25.2. The van der Waals surface area contributed by atoms with Gasteiger partial charge in [-0.2, -0.15) is 0 Å². The van der Waals surface area contributed by atoms with E-state index in [2.05, 4.69) is 12.2 Å². The molecule has 5 rings (SSSR count). The number of carbonyl (C=O) groups is 2. The Hall–Kier alpha value is -2.80. The number of aromatic nitrogens is 1. The summed E-state index contributed by atoms with van der Waals surface area (Å²) in [7, 11) is 0. The number of nitrogens with one attached hydrogen (secondary N) is 1. The first-order valence-corrected chi connectivity index (χ1v) is 12.8. The highest BCUT2D eigenvalue weighted by atomic mass is 32.1. The maximum Gasteiger partial charge on any atom is 0.275 e. The number of anilines is 1. The fourth-order valence-electron chi connectivity index (χ4n) is 5.33. The molecule has 1 aliphatic heterocycles. The van der Waals surface area contributed by atoms with Crippen molar-refractivity contribution in [2.24, 2.45) is 5.92 Å². The van der Waals surface area contributed by atoms with Crippen molar-refractivity contribution < 1.29 is 14.3 Å². The Morgan fingerprint density at radius 1 is 1.21 bits per heavy atom. The number of amides is 2. The van der Waals surface area contributed by atoms with Crippen molar-refractivity contribution in [3.63, 3.8) is 0 Å². The number of hydrogen-bond donors (Lipinski definition) is 1. The zero-order chi connectivity index (χ0) is 23.2. The van der Waals surface area contributed by atoms with Crippen LogP contribution in [0.2, 0.25) is 0 Å². The molecule has 1 N–H and O–H groups in total. The van der Waals surface area contributed by atoms with Crippen LogP contribution >= 0.6 is 11.3 Å². The predicted molar refractivity (Wildman–Crippen MR) is 132 cm³/mol. The lowest BCUT2D eigenvalue weighted by Crippen LogP contribution is -2.65. The zero-order valence-electron chi connectivity index (χ0n) is 19.5. The number of carbonyl (C=O) groups excluding carboxylic acids is 2. The van der Waals surface area contributed by atoms with Crippen LogP contribution in [0.15, 0.2) is 41.8 Å². The molecular weight excluding hydrogens is 434 g/mol. The Bertz CT molecular complexity index is 1180.